The Balaban J connectivity index is 0.958. The van der Waals surface area contributed by atoms with Crippen LogP contribution in [0.4, 0.5) is 0 Å². The van der Waals surface area contributed by atoms with Gasteiger partial charge in [-0.25, -0.2) is 0 Å². The molecule has 1 amide bonds. The molecule has 9 nitrogen and oxygen atoms in total. The summed E-state index contributed by atoms with van der Waals surface area (Å²) in [6.45, 7) is 6.73. The first-order valence-electron chi connectivity index (χ1n) is 16.6. The van der Waals surface area contributed by atoms with Crippen LogP contribution in [-0.4, -0.2) is 64.5 Å². The Labute approximate surface area is 296 Å². The molecule has 10 heteroatoms. The molecule has 1 aromatic heterocycles. The molecular formula is C40H40N4O5S. The Morgan fingerprint density at radius 3 is 2.34 bits per heavy atom. The van der Waals surface area contributed by atoms with E-state index in [4.69, 9.17) is 4.52 Å². The number of aromatic nitrogens is 1. The maximum absolute atomic E-state index is 13.0. The minimum absolute atomic E-state index is 0.0921. The van der Waals surface area contributed by atoms with Crippen molar-refractivity contribution in [2.24, 2.45) is 0 Å². The maximum Gasteiger partial charge on any atom is 0.251 e. The number of aromatic hydroxyl groups is 1. The third-order valence-electron chi connectivity index (χ3n) is 8.83. The van der Waals surface area contributed by atoms with E-state index in [0.29, 0.717) is 71.9 Å². The molecular weight excluding hydrogens is 649 g/mol. The van der Waals surface area contributed by atoms with E-state index >= 15 is 0 Å². The monoisotopic (exact) mass is 688 g/mol. The van der Waals surface area contributed by atoms with Gasteiger partial charge in [0.25, 0.3) is 5.91 Å². The molecule has 4 N–H and O–H groups in total. The number of phenols is 1. The first kappa shape index (κ1) is 34.8. The Hall–Kier alpha value is -5.00. The number of benzene rings is 4. The lowest BCUT2D eigenvalue weighted by Crippen LogP contribution is -2.32. The zero-order chi connectivity index (χ0) is 35.1. The number of hydrogen-bond acceptors (Lipinski definition) is 9. The minimum atomic E-state index is -1.46. The van der Waals surface area contributed by atoms with Crippen molar-refractivity contribution in [2.45, 2.75) is 29.9 Å². The lowest BCUT2D eigenvalue weighted by molar-refractivity contribution is -0.106. The van der Waals surface area contributed by atoms with Gasteiger partial charge in [0.05, 0.1) is 6.54 Å². The highest BCUT2D eigenvalue weighted by Gasteiger charge is 2.37. The summed E-state index contributed by atoms with van der Waals surface area (Å²) < 4.78 is 5.66. The van der Waals surface area contributed by atoms with Gasteiger partial charge in [0.2, 0.25) is 5.12 Å². The van der Waals surface area contributed by atoms with Crippen molar-refractivity contribution in [3.8, 4) is 5.75 Å². The number of carbonyl (C=O) groups excluding carboxylic acids is 2. The molecule has 0 aliphatic carbocycles. The average Bonchev–Trinajstić information content (AvgIpc) is 3.73. The quantitative estimate of drug-likeness (QED) is 0.0828. The predicted molar refractivity (Wildman–Crippen MR) is 195 cm³/mol. The first-order chi connectivity index (χ1) is 24.2. The highest BCUT2D eigenvalue weighted by molar-refractivity contribution is 8.15. The zero-order valence-corrected chi connectivity index (χ0v) is 28.7. The first-order valence-corrected chi connectivity index (χ1v) is 17.4. The van der Waals surface area contributed by atoms with Crippen LogP contribution < -0.4 is 10.6 Å². The molecule has 0 fully saturated rings. The van der Waals surface area contributed by atoms with Crippen LogP contribution in [0.1, 0.15) is 49.6 Å². The van der Waals surface area contributed by atoms with E-state index in [1.807, 2.05) is 103 Å². The molecule has 256 valence electrons. The fourth-order valence-electron chi connectivity index (χ4n) is 6.11. The summed E-state index contributed by atoms with van der Waals surface area (Å²) in [6.07, 6.45) is 1.47. The van der Waals surface area contributed by atoms with Gasteiger partial charge >= 0.3 is 0 Å². The van der Waals surface area contributed by atoms with Crippen molar-refractivity contribution >= 4 is 28.4 Å². The average molecular weight is 689 g/mol. The summed E-state index contributed by atoms with van der Waals surface area (Å²) >= 11 is 1.13. The number of carbonyl (C=O) groups is 2. The number of phenolic OH excluding ortho intramolecular Hbond substituents is 1. The molecule has 6 rings (SSSR count). The molecule has 2 heterocycles. The normalized spacial score (nSPS) is 12.8. The van der Waals surface area contributed by atoms with Crippen LogP contribution in [0.3, 0.4) is 0 Å². The number of hydrogen-bond donors (Lipinski definition) is 4. The summed E-state index contributed by atoms with van der Waals surface area (Å²) in [5.74, 6) is 0.558. The van der Waals surface area contributed by atoms with Crippen LogP contribution >= 0.6 is 11.8 Å². The van der Waals surface area contributed by atoms with E-state index in [9.17, 15) is 19.8 Å². The van der Waals surface area contributed by atoms with Crippen molar-refractivity contribution in [3.63, 3.8) is 0 Å². The lowest BCUT2D eigenvalue weighted by atomic mass is 9.83. The Morgan fingerprint density at radius 2 is 1.62 bits per heavy atom. The highest BCUT2D eigenvalue weighted by Crippen LogP contribution is 2.46. The van der Waals surface area contributed by atoms with Gasteiger partial charge in [0, 0.05) is 40.8 Å². The minimum Gasteiger partial charge on any atom is -0.507 e. The van der Waals surface area contributed by atoms with Gasteiger partial charge in [-0.05, 0) is 85.2 Å². The third-order valence-corrected chi connectivity index (χ3v) is 9.93. The molecule has 0 atom stereocenters. The number of thioether (sulfide) groups is 1. The van der Waals surface area contributed by atoms with Crippen LogP contribution in [0.5, 0.6) is 5.75 Å². The summed E-state index contributed by atoms with van der Waals surface area (Å²) in [4.78, 5) is 27.9. The lowest BCUT2D eigenvalue weighted by Gasteiger charge is -2.27. The van der Waals surface area contributed by atoms with Crippen LogP contribution in [-0.2, 0) is 29.8 Å². The largest absolute Gasteiger partial charge is 0.507 e. The van der Waals surface area contributed by atoms with Gasteiger partial charge in [0.1, 0.15) is 11.4 Å². The van der Waals surface area contributed by atoms with Gasteiger partial charge in [-0.2, -0.15) is 0 Å². The molecule has 5 aromatic rings. The topological polar surface area (TPSA) is 128 Å². The van der Waals surface area contributed by atoms with Gasteiger partial charge in [-0.3, -0.25) is 14.5 Å². The number of amides is 1. The molecule has 0 saturated heterocycles. The number of fused-ring (bicyclic) bond motifs is 1. The zero-order valence-electron chi connectivity index (χ0n) is 27.9. The van der Waals surface area contributed by atoms with E-state index in [0.717, 1.165) is 40.7 Å². The molecule has 0 saturated carbocycles. The fraction of sp³-hybridized carbons (Fsp3) is 0.225. The standard InChI is InChI=1S/C40H40N4O5S/c1-27-36-34(45)17-16-29(37(36)50-39(27)47)19-21-41-20-18-28-10-9-11-30(24-28)38(46)42-22-23-44(2)26-33-25-35(43-49-33)40(48,31-12-5-3-6-13-31)32-14-7-4-8-15-32/h3-17,24-25,41,45,48H,1,18-23,26H2,2H3,(H,42,46). The third kappa shape index (κ3) is 7.74. The molecule has 1 aliphatic heterocycles. The number of rotatable bonds is 15. The van der Waals surface area contributed by atoms with Crippen molar-refractivity contribution in [2.75, 3.05) is 33.2 Å². The maximum atomic E-state index is 13.0. The van der Waals surface area contributed by atoms with Gasteiger partial charge in [-0.15, -0.1) is 0 Å². The summed E-state index contributed by atoms with van der Waals surface area (Å²) in [5.41, 5.74) is 3.91. The molecule has 1 aliphatic rings. The fourth-order valence-corrected chi connectivity index (χ4v) is 7.15. The van der Waals surface area contributed by atoms with Crippen LogP contribution in [0.25, 0.3) is 5.57 Å². The van der Waals surface area contributed by atoms with Crippen LogP contribution in [0.15, 0.2) is 119 Å². The summed E-state index contributed by atoms with van der Waals surface area (Å²) in [7, 11) is 1.94. The van der Waals surface area contributed by atoms with Gasteiger partial charge in [-0.1, -0.05) is 90.6 Å². The molecule has 50 heavy (non-hydrogen) atoms. The smallest absolute Gasteiger partial charge is 0.251 e. The summed E-state index contributed by atoms with van der Waals surface area (Å²) in [6, 6.07) is 31.7. The molecule has 4 aromatic carbocycles. The Kier molecular flexibility index (Phi) is 10.9. The second-order valence-corrected chi connectivity index (χ2v) is 13.4. The van der Waals surface area contributed by atoms with Crippen molar-refractivity contribution < 1.29 is 24.3 Å². The molecule has 0 radical (unpaired) electrons. The highest BCUT2D eigenvalue weighted by atomic mass is 32.2. The number of nitrogens with one attached hydrogen (secondary N) is 2. The van der Waals surface area contributed by atoms with E-state index < -0.39 is 5.60 Å². The van der Waals surface area contributed by atoms with Crippen LogP contribution in [0, 0.1) is 0 Å². The second kappa shape index (κ2) is 15.7. The van der Waals surface area contributed by atoms with E-state index in [1.54, 1.807) is 12.1 Å². The van der Waals surface area contributed by atoms with Crippen molar-refractivity contribution in [3.05, 3.63) is 155 Å². The number of aliphatic hydroxyl groups is 1. The van der Waals surface area contributed by atoms with Crippen LogP contribution in [0.2, 0.25) is 0 Å². The predicted octanol–water partition coefficient (Wildman–Crippen LogP) is 5.55. The molecule has 0 spiro atoms. The Bertz CT molecular complexity index is 1940. The van der Waals surface area contributed by atoms with Gasteiger partial charge in [0.15, 0.2) is 11.4 Å². The van der Waals surface area contributed by atoms with Crippen molar-refractivity contribution in [1.82, 2.24) is 20.7 Å². The molecule has 0 unspecified atom stereocenters. The van der Waals surface area contributed by atoms with E-state index in [2.05, 4.69) is 22.4 Å². The number of likely N-dealkylation sites (N-methyl/N-ethyl adjacent to an activating group) is 1. The van der Waals surface area contributed by atoms with E-state index in [-0.39, 0.29) is 16.8 Å². The van der Waals surface area contributed by atoms with Gasteiger partial charge < -0.3 is 25.4 Å². The van der Waals surface area contributed by atoms with Crippen molar-refractivity contribution in [1.29, 1.82) is 0 Å². The van der Waals surface area contributed by atoms with E-state index in [1.165, 1.54) is 0 Å². The Morgan fingerprint density at radius 1 is 0.920 bits per heavy atom. The second-order valence-electron chi connectivity index (χ2n) is 12.4. The molecule has 0 bridgehead atoms. The SMILES string of the molecule is C=C1C(=O)Sc2c(CCNCCc3cccc(C(=O)NCCN(C)Cc4cc(C(O)(c5ccccc5)c5ccccc5)no4)c3)ccc(O)c21. The summed E-state index contributed by atoms with van der Waals surface area (Å²) in [5, 5.41) is 32.7. The number of nitrogens with zero attached hydrogens (tertiary/aromatic N) is 2.